The zero-order valence-electron chi connectivity index (χ0n) is 6.86. The largest absolute Gasteiger partial charge is 0.549 e. The molecule has 0 saturated heterocycles. The van der Waals surface area contributed by atoms with E-state index < -0.39 is 17.9 Å². The van der Waals surface area contributed by atoms with Crippen LogP contribution in [0.3, 0.4) is 0 Å². The molecule has 0 aliphatic heterocycles. The Morgan fingerprint density at radius 2 is 2.31 bits per heavy atom. The molecule has 0 aromatic rings. The van der Waals surface area contributed by atoms with Crippen LogP contribution in [0.4, 0.5) is 0 Å². The van der Waals surface area contributed by atoms with E-state index in [0.29, 0.717) is 0 Å². The minimum atomic E-state index is -1.46. The van der Waals surface area contributed by atoms with Gasteiger partial charge in [-0.2, -0.15) is 5.26 Å². The van der Waals surface area contributed by atoms with E-state index in [1.165, 1.54) is 6.07 Å². The van der Waals surface area contributed by atoms with Crippen molar-refractivity contribution in [1.29, 1.82) is 5.26 Å². The number of carbonyl (C=O) groups excluding carboxylic acids is 2. The minimum Gasteiger partial charge on any atom is -0.549 e. The number of nitriles is 1. The molecule has 0 bridgehead atoms. The predicted molar refractivity (Wildman–Crippen MR) is 39.9 cm³/mol. The van der Waals surface area contributed by atoms with Crippen LogP contribution in [-0.4, -0.2) is 18.5 Å². The van der Waals surface area contributed by atoms with Crippen LogP contribution in [0.2, 0.25) is 0 Å². The van der Waals surface area contributed by atoms with Crippen molar-refractivity contribution in [2.75, 3.05) is 6.61 Å². The first kappa shape index (κ1) is 11.2. The molecule has 0 aromatic heterocycles. The number of carboxylic acid groups (broad SMARTS) is 1. The van der Waals surface area contributed by atoms with Crippen molar-refractivity contribution in [3.63, 3.8) is 0 Å². The number of ether oxygens (including phenoxy) is 1. The highest BCUT2D eigenvalue weighted by molar-refractivity contribution is 5.81. The first-order chi connectivity index (χ1) is 6.11. The maximum absolute atomic E-state index is 10.5. The van der Waals surface area contributed by atoms with Gasteiger partial charge in [0, 0.05) is 12.5 Å². The van der Waals surface area contributed by atoms with Crippen molar-refractivity contribution in [3.05, 3.63) is 12.7 Å². The lowest BCUT2D eigenvalue weighted by Crippen LogP contribution is -2.31. The van der Waals surface area contributed by atoms with Crippen LogP contribution in [0.5, 0.6) is 0 Å². The summed E-state index contributed by atoms with van der Waals surface area (Å²) < 4.78 is 4.47. The number of hydrogen-bond donors (Lipinski definition) is 0. The summed E-state index contributed by atoms with van der Waals surface area (Å²) in [6.07, 6.45) is 0.888. The van der Waals surface area contributed by atoms with Crippen LogP contribution >= 0.6 is 0 Å². The maximum atomic E-state index is 10.5. The summed E-state index contributed by atoms with van der Waals surface area (Å²) in [6.45, 7) is 3.02. The Bertz CT molecular complexity index is 253. The Hall–Kier alpha value is -1.83. The third kappa shape index (κ3) is 4.58. The Morgan fingerprint density at radius 1 is 1.69 bits per heavy atom. The van der Waals surface area contributed by atoms with Gasteiger partial charge in [0.15, 0.2) is 0 Å². The summed E-state index contributed by atoms with van der Waals surface area (Å²) in [6, 6.07) is 1.51. The number of rotatable bonds is 5. The van der Waals surface area contributed by atoms with Gasteiger partial charge in [-0.05, 0) is 0 Å². The SMILES string of the molecule is C=CC(=O)OCCC(C#N)C(=O)[O-]. The van der Waals surface area contributed by atoms with Crippen molar-refractivity contribution in [2.45, 2.75) is 6.42 Å². The van der Waals surface area contributed by atoms with Gasteiger partial charge in [-0.15, -0.1) is 0 Å². The molecule has 70 valence electrons. The van der Waals surface area contributed by atoms with E-state index in [2.05, 4.69) is 11.3 Å². The highest BCUT2D eigenvalue weighted by Gasteiger charge is 2.08. The van der Waals surface area contributed by atoms with E-state index in [4.69, 9.17) is 5.26 Å². The van der Waals surface area contributed by atoms with Crippen molar-refractivity contribution < 1.29 is 19.4 Å². The van der Waals surface area contributed by atoms with Gasteiger partial charge in [-0.3, -0.25) is 0 Å². The Balaban J connectivity index is 3.75. The average molecular weight is 182 g/mol. The van der Waals surface area contributed by atoms with Gasteiger partial charge in [0.1, 0.15) is 0 Å². The van der Waals surface area contributed by atoms with Crippen molar-refractivity contribution in [2.24, 2.45) is 5.92 Å². The fourth-order valence-corrected chi connectivity index (χ4v) is 0.571. The first-order valence-electron chi connectivity index (χ1n) is 3.51. The molecule has 0 N–H and O–H groups in total. The van der Waals surface area contributed by atoms with Gasteiger partial charge >= 0.3 is 5.97 Å². The Kier molecular flexibility index (Phi) is 4.96. The number of carbonyl (C=O) groups is 2. The van der Waals surface area contributed by atoms with Gasteiger partial charge in [0.25, 0.3) is 0 Å². The van der Waals surface area contributed by atoms with Crippen molar-refractivity contribution >= 4 is 11.9 Å². The summed E-state index contributed by atoms with van der Waals surface area (Å²) in [5, 5.41) is 18.5. The molecular weight excluding hydrogens is 174 g/mol. The molecule has 5 nitrogen and oxygen atoms in total. The molecule has 0 spiro atoms. The van der Waals surface area contributed by atoms with Crippen LogP contribution in [0, 0.1) is 17.2 Å². The third-order valence-corrected chi connectivity index (χ3v) is 1.26. The Labute approximate surface area is 75.2 Å². The third-order valence-electron chi connectivity index (χ3n) is 1.26. The molecule has 0 heterocycles. The standard InChI is InChI=1S/C8H9NO4/c1-2-7(10)13-4-3-6(5-9)8(11)12/h2,6H,1,3-4H2,(H,11,12)/p-1. The van der Waals surface area contributed by atoms with Crippen LogP contribution in [0.1, 0.15) is 6.42 Å². The van der Waals surface area contributed by atoms with E-state index in [9.17, 15) is 14.7 Å². The molecule has 0 aromatic carbocycles. The number of nitrogens with zero attached hydrogens (tertiary/aromatic N) is 1. The summed E-state index contributed by atoms with van der Waals surface area (Å²) >= 11 is 0. The van der Waals surface area contributed by atoms with E-state index in [1.54, 1.807) is 0 Å². The molecule has 0 saturated carbocycles. The van der Waals surface area contributed by atoms with E-state index in [1.807, 2.05) is 0 Å². The number of aliphatic carboxylic acids is 1. The quantitative estimate of drug-likeness (QED) is 0.401. The summed E-state index contributed by atoms with van der Waals surface area (Å²) in [5.41, 5.74) is 0. The lowest BCUT2D eigenvalue weighted by Gasteiger charge is -2.08. The van der Waals surface area contributed by atoms with Crippen LogP contribution in [-0.2, 0) is 14.3 Å². The molecule has 5 heteroatoms. The van der Waals surface area contributed by atoms with Gasteiger partial charge in [0.05, 0.1) is 24.6 Å². The number of esters is 1. The number of carboxylic acids is 1. The molecule has 0 fully saturated rings. The maximum Gasteiger partial charge on any atom is 0.330 e. The van der Waals surface area contributed by atoms with Gasteiger partial charge in [-0.1, -0.05) is 6.58 Å². The van der Waals surface area contributed by atoms with Gasteiger partial charge in [0.2, 0.25) is 0 Å². The fourth-order valence-electron chi connectivity index (χ4n) is 0.571. The molecule has 0 aliphatic carbocycles. The molecule has 0 rings (SSSR count). The second-order valence-electron chi connectivity index (χ2n) is 2.16. The van der Waals surface area contributed by atoms with E-state index >= 15 is 0 Å². The molecule has 0 radical (unpaired) electrons. The monoisotopic (exact) mass is 182 g/mol. The second-order valence-corrected chi connectivity index (χ2v) is 2.16. The molecule has 0 amide bonds. The zero-order valence-corrected chi connectivity index (χ0v) is 6.86. The lowest BCUT2D eigenvalue weighted by atomic mass is 10.1. The first-order valence-corrected chi connectivity index (χ1v) is 3.51. The second kappa shape index (κ2) is 5.77. The summed E-state index contributed by atoms with van der Waals surface area (Å²) in [5.74, 6) is -3.34. The van der Waals surface area contributed by atoms with Gasteiger partial charge in [-0.25, -0.2) is 4.79 Å². The topological polar surface area (TPSA) is 90.2 Å². The molecule has 1 atom stereocenters. The molecule has 13 heavy (non-hydrogen) atoms. The highest BCUT2D eigenvalue weighted by Crippen LogP contribution is 2.00. The normalized spacial score (nSPS) is 11.0. The number of hydrogen-bond acceptors (Lipinski definition) is 5. The summed E-state index contributed by atoms with van der Waals surface area (Å²) in [7, 11) is 0. The van der Waals surface area contributed by atoms with E-state index in [0.717, 1.165) is 6.08 Å². The van der Waals surface area contributed by atoms with E-state index in [-0.39, 0.29) is 13.0 Å². The average Bonchev–Trinajstić information content (AvgIpc) is 2.11. The smallest absolute Gasteiger partial charge is 0.330 e. The molecule has 1 unspecified atom stereocenters. The van der Waals surface area contributed by atoms with Crippen LogP contribution < -0.4 is 5.11 Å². The molecular formula is C8H8NO4-. The van der Waals surface area contributed by atoms with Crippen molar-refractivity contribution in [3.8, 4) is 6.07 Å². The summed E-state index contributed by atoms with van der Waals surface area (Å²) in [4.78, 5) is 20.6. The van der Waals surface area contributed by atoms with Crippen LogP contribution in [0.25, 0.3) is 0 Å². The zero-order chi connectivity index (χ0) is 10.3. The van der Waals surface area contributed by atoms with Gasteiger partial charge < -0.3 is 14.6 Å². The fraction of sp³-hybridized carbons (Fsp3) is 0.375. The Morgan fingerprint density at radius 3 is 2.69 bits per heavy atom. The molecule has 0 aliphatic rings. The van der Waals surface area contributed by atoms with Crippen LogP contribution in [0.15, 0.2) is 12.7 Å². The highest BCUT2D eigenvalue weighted by atomic mass is 16.5. The predicted octanol–water partition coefficient (Wildman–Crippen LogP) is -1.00. The lowest BCUT2D eigenvalue weighted by molar-refractivity contribution is -0.309. The van der Waals surface area contributed by atoms with Crippen molar-refractivity contribution in [1.82, 2.24) is 0 Å². The minimum absolute atomic E-state index is 0.0710.